The first-order valence-electron chi connectivity index (χ1n) is 8.11. The van der Waals surface area contributed by atoms with E-state index in [9.17, 15) is 4.79 Å². The van der Waals surface area contributed by atoms with Crippen molar-refractivity contribution >= 4 is 23.4 Å². The third kappa shape index (κ3) is 4.09. The van der Waals surface area contributed by atoms with Gasteiger partial charge in [-0.3, -0.25) is 4.79 Å². The van der Waals surface area contributed by atoms with Gasteiger partial charge in [0.15, 0.2) is 0 Å². The molecule has 1 amide bonds. The summed E-state index contributed by atoms with van der Waals surface area (Å²) >= 11 is 1.50. The number of pyridine rings is 1. The van der Waals surface area contributed by atoms with E-state index in [0.29, 0.717) is 10.6 Å². The van der Waals surface area contributed by atoms with Crippen molar-refractivity contribution in [2.45, 2.75) is 30.7 Å². The highest BCUT2D eigenvalue weighted by molar-refractivity contribution is 7.99. The van der Waals surface area contributed by atoms with Crippen molar-refractivity contribution in [3.63, 3.8) is 0 Å². The molecule has 2 aromatic carbocycles. The van der Waals surface area contributed by atoms with E-state index in [1.54, 1.807) is 12.3 Å². The van der Waals surface area contributed by atoms with Crippen LogP contribution in [0.4, 0.5) is 5.69 Å². The fourth-order valence-corrected chi connectivity index (χ4v) is 3.32. The zero-order valence-electron chi connectivity index (χ0n) is 14.5. The summed E-state index contributed by atoms with van der Waals surface area (Å²) in [4.78, 5) is 18.2. The van der Waals surface area contributed by atoms with Crippen LogP contribution in [-0.2, 0) is 0 Å². The fraction of sp³-hybridized carbons (Fsp3) is 0.143. The molecule has 0 aliphatic carbocycles. The Kier molecular flexibility index (Phi) is 5.19. The minimum atomic E-state index is -0.142. The molecular weight excluding hydrogens is 328 g/mol. The van der Waals surface area contributed by atoms with Gasteiger partial charge in [0.05, 0.1) is 5.56 Å². The maximum absolute atomic E-state index is 12.8. The molecule has 0 bridgehead atoms. The van der Waals surface area contributed by atoms with Crippen LogP contribution in [0.25, 0.3) is 0 Å². The number of anilines is 1. The maximum Gasteiger partial charge on any atom is 0.258 e. The second kappa shape index (κ2) is 7.53. The molecule has 25 heavy (non-hydrogen) atoms. The lowest BCUT2D eigenvalue weighted by Crippen LogP contribution is -2.14. The zero-order valence-corrected chi connectivity index (χ0v) is 15.4. The molecule has 3 nitrogen and oxygen atoms in total. The summed E-state index contributed by atoms with van der Waals surface area (Å²) in [6.07, 6.45) is 1.71. The minimum absolute atomic E-state index is 0.142. The van der Waals surface area contributed by atoms with Crippen molar-refractivity contribution in [3.8, 4) is 0 Å². The van der Waals surface area contributed by atoms with Gasteiger partial charge >= 0.3 is 0 Å². The van der Waals surface area contributed by atoms with E-state index in [0.717, 1.165) is 21.7 Å². The van der Waals surface area contributed by atoms with Crippen molar-refractivity contribution in [3.05, 3.63) is 83.0 Å². The van der Waals surface area contributed by atoms with Gasteiger partial charge in [0, 0.05) is 16.8 Å². The zero-order chi connectivity index (χ0) is 17.8. The van der Waals surface area contributed by atoms with Crippen molar-refractivity contribution in [1.82, 2.24) is 4.98 Å². The topological polar surface area (TPSA) is 42.0 Å². The summed E-state index contributed by atoms with van der Waals surface area (Å²) in [5.41, 5.74) is 4.85. The summed E-state index contributed by atoms with van der Waals surface area (Å²) in [7, 11) is 0. The molecule has 3 rings (SSSR count). The SMILES string of the molecule is Cc1ccc(Sc2ncccc2C(=O)Nc2cccc(C)c2C)cc1. The Morgan fingerprint density at radius 2 is 1.72 bits per heavy atom. The van der Waals surface area contributed by atoms with Crippen LogP contribution in [-0.4, -0.2) is 10.9 Å². The van der Waals surface area contributed by atoms with Gasteiger partial charge in [0.25, 0.3) is 5.91 Å². The molecule has 0 saturated carbocycles. The molecule has 0 unspecified atom stereocenters. The lowest BCUT2D eigenvalue weighted by Gasteiger charge is -2.12. The van der Waals surface area contributed by atoms with Crippen LogP contribution in [0.1, 0.15) is 27.0 Å². The van der Waals surface area contributed by atoms with Crippen LogP contribution in [0.5, 0.6) is 0 Å². The second-order valence-electron chi connectivity index (χ2n) is 5.97. The number of carbonyl (C=O) groups excluding carboxylic acids is 1. The summed E-state index contributed by atoms with van der Waals surface area (Å²) in [5.74, 6) is -0.142. The normalized spacial score (nSPS) is 10.5. The van der Waals surface area contributed by atoms with Gasteiger partial charge in [0.1, 0.15) is 5.03 Å². The molecule has 1 heterocycles. The fourth-order valence-electron chi connectivity index (χ4n) is 2.44. The number of nitrogens with one attached hydrogen (secondary N) is 1. The third-order valence-corrected chi connectivity index (χ3v) is 5.13. The van der Waals surface area contributed by atoms with E-state index in [4.69, 9.17) is 0 Å². The van der Waals surface area contributed by atoms with E-state index in [1.807, 2.05) is 50.2 Å². The highest BCUT2D eigenvalue weighted by Gasteiger charge is 2.14. The number of amides is 1. The largest absolute Gasteiger partial charge is 0.322 e. The molecule has 3 aromatic rings. The highest BCUT2D eigenvalue weighted by atomic mass is 32.2. The summed E-state index contributed by atoms with van der Waals surface area (Å²) in [5, 5.41) is 3.71. The monoisotopic (exact) mass is 348 g/mol. The van der Waals surface area contributed by atoms with Gasteiger partial charge in [-0.15, -0.1) is 0 Å². The molecule has 126 valence electrons. The lowest BCUT2D eigenvalue weighted by atomic mass is 10.1. The predicted octanol–water partition coefficient (Wildman–Crippen LogP) is 5.41. The van der Waals surface area contributed by atoms with Crippen LogP contribution >= 0.6 is 11.8 Å². The van der Waals surface area contributed by atoms with Gasteiger partial charge in [-0.25, -0.2) is 4.98 Å². The highest BCUT2D eigenvalue weighted by Crippen LogP contribution is 2.29. The number of hydrogen-bond acceptors (Lipinski definition) is 3. The molecular formula is C21H20N2OS. The number of benzene rings is 2. The molecule has 0 saturated heterocycles. The molecule has 1 aromatic heterocycles. The second-order valence-corrected chi connectivity index (χ2v) is 7.04. The Labute approximate surface area is 152 Å². The summed E-state index contributed by atoms with van der Waals surface area (Å²) < 4.78 is 0. The van der Waals surface area contributed by atoms with Gasteiger partial charge in [0.2, 0.25) is 0 Å². The lowest BCUT2D eigenvalue weighted by molar-refractivity contribution is 0.102. The first kappa shape index (κ1) is 17.2. The average molecular weight is 348 g/mol. The Balaban J connectivity index is 1.85. The van der Waals surface area contributed by atoms with Crippen molar-refractivity contribution in [2.24, 2.45) is 0 Å². The number of nitrogens with zero attached hydrogens (tertiary/aromatic N) is 1. The number of carbonyl (C=O) groups is 1. The van der Waals surface area contributed by atoms with E-state index in [2.05, 4.69) is 29.4 Å². The van der Waals surface area contributed by atoms with Crippen LogP contribution < -0.4 is 5.32 Å². The Morgan fingerprint density at radius 1 is 0.960 bits per heavy atom. The van der Waals surface area contributed by atoms with Crippen LogP contribution in [0.15, 0.2) is 70.7 Å². The minimum Gasteiger partial charge on any atom is -0.322 e. The van der Waals surface area contributed by atoms with Crippen LogP contribution in [0, 0.1) is 20.8 Å². The number of hydrogen-bond donors (Lipinski definition) is 1. The first-order valence-corrected chi connectivity index (χ1v) is 8.93. The van der Waals surface area contributed by atoms with Gasteiger partial charge in [-0.05, 0) is 62.2 Å². The third-order valence-electron chi connectivity index (χ3n) is 4.10. The summed E-state index contributed by atoms with van der Waals surface area (Å²) in [6.45, 7) is 6.10. The average Bonchev–Trinajstić information content (AvgIpc) is 2.61. The number of rotatable bonds is 4. The molecule has 0 fully saturated rings. The molecule has 0 radical (unpaired) electrons. The maximum atomic E-state index is 12.8. The van der Waals surface area contributed by atoms with E-state index in [-0.39, 0.29) is 5.91 Å². The van der Waals surface area contributed by atoms with Crippen molar-refractivity contribution < 1.29 is 4.79 Å². The first-order chi connectivity index (χ1) is 12.0. The molecule has 0 spiro atoms. The molecule has 0 aliphatic heterocycles. The van der Waals surface area contributed by atoms with Crippen LogP contribution in [0.3, 0.4) is 0 Å². The quantitative estimate of drug-likeness (QED) is 0.685. The molecule has 1 N–H and O–H groups in total. The van der Waals surface area contributed by atoms with Gasteiger partial charge in [-0.2, -0.15) is 0 Å². The Bertz CT molecular complexity index is 904. The van der Waals surface area contributed by atoms with E-state index in [1.165, 1.54) is 17.3 Å². The smallest absolute Gasteiger partial charge is 0.258 e. The van der Waals surface area contributed by atoms with Gasteiger partial charge < -0.3 is 5.32 Å². The van der Waals surface area contributed by atoms with E-state index >= 15 is 0 Å². The van der Waals surface area contributed by atoms with Crippen molar-refractivity contribution in [1.29, 1.82) is 0 Å². The number of aryl methyl sites for hydroxylation is 2. The van der Waals surface area contributed by atoms with Crippen molar-refractivity contribution in [2.75, 3.05) is 5.32 Å². The van der Waals surface area contributed by atoms with E-state index < -0.39 is 0 Å². The standard InChI is InChI=1S/C21H20N2OS/c1-14-9-11-17(12-10-14)25-21-18(7-5-13-22-21)20(24)23-19-8-4-6-15(2)16(19)3/h4-13H,1-3H3,(H,23,24). The Morgan fingerprint density at radius 3 is 2.48 bits per heavy atom. The summed E-state index contributed by atoms with van der Waals surface area (Å²) in [6, 6.07) is 17.7. The van der Waals surface area contributed by atoms with Gasteiger partial charge in [-0.1, -0.05) is 41.6 Å². The van der Waals surface area contributed by atoms with Crippen LogP contribution in [0.2, 0.25) is 0 Å². The molecule has 0 atom stereocenters. The Hall–Kier alpha value is -2.59. The predicted molar refractivity (Wildman–Crippen MR) is 103 cm³/mol. The molecule has 0 aliphatic rings. The molecule has 4 heteroatoms. The number of aromatic nitrogens is 1.